The Morgan fingerprint density at radius 2 is 2.18 bits per heavy atom. The lowest BCUT2D eigenvalue weighted by Crippen LogP contribution is -2.46. The third-order valence-electron chi connectivity index (χ3n) is 3.75. The summed E-state index contributed by atoms with van der Waals surface area (Å²) >= 11 is 1.55. The van der Waals surface area contributed by atoms with Gasteiger partial charge in [-0.1, -0.05) is 18.2 Å². The van der Waals surface area contributed by atoms with Crippen molar-refractivity contribution in [2.24, 2.45) is 0 Å². The zero-order valence-electron chi connectivity index (χ0n) is 12.9. The number of aromatic amines is 1. The standard InChI is InChI=1S/C16H23N3O2S/c1-11(15(10-20)22-2)19-16(21)17-8-7-12-9-18-14-6-4-3-5-13(12)14/h3-6,9,11,15,18,20H,7-8,10H2,1-2H3,(H2,17,19,21). The highest BCUT2D eigenvalue weighted by molar-refractivity contribution is 7.99. The van der Waals surface area contributed by atoms with Crippen LogP contribution in [0.5, 0.6) is 0 Å². The Kier molecular flexibility index (Phi) is 6.15. The minimum Gasteiger partial charge on any atom is -0.395 e. The number of nitrogens with one attached hydrogen (secondary N) is 3. The van der Waals surface area contributed by atoms with E-state index >= 15 is 0 Å². The quantitative estimate of drug-likeness (QED) is 0.631. The van der Waals surface area contributed by atoms with Crippen LogP contribution in [0.3, 0.4) is 0 Å². The third-order valence-corrected chi connectivity index (χ3v) is 4.92. The highest BCUT2D eigenvalue weighted by Crippen LogP contribution is 2.17. The molecule has 0 saturated carbocycles. The molecule has 1 heterocycles. The van der Waals surface area contributed by atoms with Gasteiger partial charge in [-0.15, -0.1) is 0 Å². The van der Waals surface area contributed by atoms with Gasteiger partial charge in [0.1, 0.15) is 0 Å². The first-order valence-corrected chi connectivity index (χ1v) is 8.67. The number of carbonyl (C=O) groups is 1. The van der Waals surface area contributed by atoms with E-state index in [1.54, 1.807) is 11.8 Å². The molecule has 0 radical (unpaired) electrons. The molecule has 2 rings (SSSR count). The minimum absolute atomic E-state index is 0.0133. The van der Waals surface area contributed by atoms with E-state index in [1.165, 1.54) is 10.9 Å². The Balaban J connectivity index is 1.80. The normalized spacial score (nSPS) is 13.8. The number of carbonyl (C=O) groups excluding carboxylic acids is 1. The smallest absolute Gasteiger partial charge is 0.315 e. The molecular formula is C16H23N3O2S. The summed E-state index contributed by atoms with van der Waals surface area (Å²) in [7, 11) is 0. The fourth-order valence-corrected chi connectivity index (χ4v) is 3.06. The van der Waals surface area contributed by atoms with Gasteiger partial charge < -0.3 is 20.7 Å². The maximum atomic E-state index is 11.9. The zero-order chi connectivity index (χ0) is 15.9. The number of hydrogen-bond donors (Lipinski definition) is 4. The Morgan fingerprint density at radius 1 is 1.41 bits per heavy atom. The summed E-state index contributed by atoms with van der Waals surface area (Å²) < 4.78 is 0. The molecule has 2 unspecified atom stereocenters. The molecule has 2 atom stereocenters. The molecule has 0 fully saturated rings. The van der Waals surface area contributed by atoms with Crippen molar-refractivity contribution in [1.82, 2.24) is 15.6 Å². The zero-order valence-corrected chi connectivity index (χ0v) is 13.7. The number of aromatic nitrogens is 1. The van der Waals surface area contributed by atoms with Crippen molar-refractivity contribution in [1.29, 1.82) is 0 Å². The Hall–Kier alpha value is -1.66. The van der Waals surface area contributed by atoms with Gasteiger partial charge in [-0.2, -0.15) is 11.8 Å². The van der Waals surface area contributed by atoms with Crippen LogP contribution in [0.15, 0.2) is 30.5 Å². The Labute approximate surface area is 134 Å². The van der Waals surface area contributed by atoms with Crippen molar-refractivity contribution in [2.45, 2.75) is 24.6 Å². The number of rotatable bonds is 7. The van der Waals surface area contributed by atoms with E-state index in [-0.39, 0.29) is 23.9 Å². The maximum Gasteiger partial charge on any atom is 0.315 e. The molecule has 4 N–H and O–H groups in total. The molecule has 1 aromatic carbocycles. The lowest BCUT2D eigenvalue weighted by Gasteiger charge is -2.21. The van der Waals surface area contributed by atoms with Crippen LogP contribution in [0.1, 0.15) is 12.5 Å². The van der Waals surface area contributed by atoms with Crippen molar-refractivity contribution in [3.05, 3.63) is 36.0 Å². The second kappa shape index (κ2) is 8.10. The predicted octanol–water partition coefficient (Wildman–Crippen LogP) is 2.12. The van der Waals surface area contributed by atoms with E-state index in [0.717, 1.165) is 11.9 Å². The summed E-state index contributed by atoms with van der Waals surface area (Å²) in [6.45, 7) is 2.53. The van der Waals surface area contributed by atoms with Gasteiger partial charge >= 0.3 is 6.03 Å². The van der Waals surface area contributed by atoms with Gasteiger partial charge in [0.15, 0.2) is 0 Å². The van der Waals surface area contributed by atoms with Crippen LogP contribution in [-0.2, 0) is 6.42 Å². The first-order chi connectivity index (χ1) is 10.7. The molecule has 22 heavy (non-hydrogen) atoms. The van der Waals surface area contributed by atoms with Gasteiger partial charge in [0.25, 0.3) is 0 Å². The number of urea groups is 1. The molecule has 6 heteroatoms. The summed E-state index contributed by atoms with van der Waals surface area (Å²) in [6.07, 6.45) is 4.69. The van der Waals surface area contributed by atoms with Crippen molar-refractivity contribution in [3.63, 3.8) is 0 Å². The summed E-state index contributed by atoms with van der Waals surface area (Å²) in [6, 6.07) is 7.86. The molecule has 2 amide bonds. The average Bonchev–Trinajstić information content (AvgIpc) is 2.92. The van der Waals surface area contributed by atoms with Crippen molar-refractivity contribution in [2.75, 3.05) is 19.4 Å². The number of para-hydroxylation sites is 1. The molecule has 0 aliphatic rings. The molecule has 1 aromatic heterocycles. The van der Waals surface area contributed by atoms with Crippen LogP contribution in [-0.4, -0.2) is 46.8 Å². The first-order valence-electron chi connectivity index (χ1n) is 7.38. The van der Waals surface area contributed by atoms with Crippen LogP contribution in [0.2, 0.25) is 0 Å². The first kappa shape index (κ1) is 16.7. The number of benzene rings is 1. The van der Waals surface area contributed by atoms with Crippen LogP contribution in [0.25, 0.3) is 10.9 Å². The predicted molar refractivity (Wildman–Crippen MR) is 92.4 cm³/mol. The van der Waals surface area contributed by atoms with Crippen molar-refractivity contribution < 1.29 is 9.90 Å². The van der Waals surface area contributed by atoms with Crippen LogP contribution in [0, 0.1) is 0 Å². The van der Waals surface area contributed by atoms with E-state index in [9.17, 15) is 9.90 Å². The van der Waals surface area contributed by atoms with E-state index in [1.807, 2.05) is 37.6 Å². The summed E-state index contributed by atoms with van der Waals surface area (Å²) in [5.74, 6) is 0. The molecule has 120 valence electrons. The summed E-state index contributed by atoms with van der Waals surface area (Å²) in [5.41, 5.74) is 2.31. The fraction of sp³-hybridized carbons (Fsp3) is 0.438. The highest BCUT2D eigenvalue weighted by atomic mass is 32.2. The monoisotopic (exact) mass is 321 g/mol. The van der Waals surface area contributed by atoms with E-state index in [2.05, 4.69) is 21.7 Å². The topological polar surface area (TPSA) is 77.2 Å². The average molecular weight is 321 g/mol. The largest absolute Gasteiger partial charge is 0.395 e. The number of H-pyrrole nitrogens is 1. The van der Waals surface area contributed by atoms with E-state index < -0.39 is 0 Å². The van der Waals surface area contributed by atoms with Gasteiger partial charge in [-0.05, 0) is 31.2 Å². The number of amides is 2. The van der Waals surface area contributed by atoms with Crippen LogP contribution >= 0.6 is 11.8 Å². The Morgan fingerprint density at radius 3 is 2.91 bits per heavy atom. The number of thioether (sulfide) groups is 1. The van der Waals surface area contributed by atoms with E-state index in [0.29, 0.717) is 6.54 Å². The molecule has 2 aromatic rings. The van der Waals surface area contributed by atoms with Gasteiger partial charge in [-0.3, -0.25) is 0 Å². The second-order valence-electron chi connectivity index (χ2n) is 5.26. The van der Waals surface area contributed by atoms with E-state index in [4.69, 9.17) is 0 Å². The molecule has 0 aliphatic heterocycles. The van der Waals surface area contributed by atoms with Gasteiger partial charge in [0, 0.05) is 34.9 Å². The second-order valence-corrected chi connectivity index (χ2v) is 6.33. The Bertz CT molecular complexity index is 610. The lowest BCUT2D eigenvalue weighted by atomic mass is 10.1. The molecule has 0 spiro atoms. The van der Waals surface area contributed by atoms with Crippen molar-refractivity contribution in [3.8, 4) is 0 Å². The van der Waals surface area contributed by atoms with Gasteiger partial charge in [-0.25, -0.2) is 4.79 Å². The molecule has 0 aliphatic carbocycles. The number of fused-ring (bicyclic) bond motifs is 1. The number of aliphatic hydroxyl groups excluding tert-OH is 1. The number of hydrogen-bond acceptors (Lipinski definition) is 3. The highest BCUT2D eigenvalue weighted by Gasteiger charge is 2.17. The summed E-state index contributed by atoms with van der Waals surface area (Å²) in [5, 5.41) is 16.1. The minimum atomic E-state index is -0.195. The molecule has 0 bridgehead atoms. The molecule has 5 nitrogen and oxygen atoms in total. The fourth-order valence-electron chi connectivity index (χ4n) is 2.44. The molecule has 0 saturated heterocycles. The van der Waals surface area contributed by atoms with Gasteiger partial charge in [0.2, 0.25) is 0 Å². The van der Waals surface area contributed by atoms with Gasteiger partial charge in [0.05, 0.1) is 6.61 Å². The lowest BCUT2D eigenvalue weighted by molar-refractivity contribution is 0.232. The van der Waals surface area contributed by atoms with Crippen molar-refractivity contribution >= 4 is 28.7 Å². The molecular weight excluding hydrogens is 298 g/mol. The third kappa shape index (κ3) is 4.18. The summed E-state index contributed by atoms with van der Waals surface area (Å²) in [4.78, 5) is 15.1. The van der Waals surface area contributed by atoms with Crippen LogP contribution < -0.4 is 10.6 Å². The van der Waals surface area contributed by atoms with Crippen LogP contribution in [0.4, 0.5) is 4.79 Å². The maximum absolute atomic E-state index is 11.9. The SMILES string of the molecule is CSC(CO)C(C)NC(=O)NCCc1c[nH]c2ccccc12. The number of aliphatic hydroxyl groups is 1.